The highest BCUT2D eigenvalue weighted by molar-refractivity contribution is 14.0. The molecule has 1 heterocycles. The van der Waals surface area contributed by atoms with E-state index in [1.54, 1.807) is 0 Å². The van der Waals surface area contributed by atoms with Crippen molar-refractivity contribution < 1.29 is 9.84 Å². The van der Waals surface area contributed by atoms with Crippen molar-refractivity contribution in [2.24, 2.45) is 10.9 Å². The van der Waals surface area contributed by atoms with Crippen molar-refractivity contribution in [2.75, 3.05) is 32.8 Å². The normalized spacial score (nSPS) is 18.2. The molecule has 1 saturated heterocycles. The van der Waals surface area contributed by atoms with Crippen LogP contribution in [0.3, 0.4) is 0 Å². The van der Waals surface area contributed by atoms with Gasteiger partial charge in [0.2, 0.25) is 0 Å². The van der Waals surface area contributed by atoms with Crippen molar-refractivity contribution in [1.29, 1.82) is 0 Å². The molecular weight excluding hydrogens is 381 g/mol. The van der Waals surface area contributed by atoms with Gasteiger partial charge in [-0.3, -0.25) is 4.99 Å². The molecule has 1 aliphatic heterocycles. The highest BCUT2D eigenvalue weighted by atomic mass is 127. The zero-order valence-corrected chi connectivity index (χ0v) is 16.0. The van der Waals surface area contributed by atoms with E-state index in [1.165, 1.54) is 6.42 Å². The van der Waals surface area contributed by atoms with E-state index in [-0.39, 0.29) is 24.0 Å². The lowest BCUT2D eigenvalue weighted by atomic mass is 9.95. The number of guanidine groups is 1. The van der Waals surface area contributed by atoms with Crippen LogP contribution in [0.5, 0.6) is 0 Å². The van der Waals surface area contributed by atoms with Gasteiger partial charge in [-0.1, -0.05) is 13.8 Å². The molecule has 1 aliphatic rings. The summed E-state index contributed by atoms with van der Waals surface area (Å²) in [7, 11) is 0. The second-order valence-corrected chi connectivity index (χ2v) is 5.99. The highest BCUT2D eigenvalue weighted by Crippen LogP contribution is 2.20. The summed E-state index contributed by atoms with van der Waals surface area (Å²) in [6.07, 6.45) is 3.69. The van der Waals surface area contributed by atoms with Crippen LogP contribution in [0.2, 0.25) is 0 Å². The lowest BCUT2D eigenvalue weighted by molar-refractivity contribution is -0.0565. The third-order valence-corrected chi connectivity index (χ3v) is 3.55. The molecule has 0 radical (unpaired) electrons. The number of rotatable bonds is 7. The van der Waals surface area contributed by atoms with Crippen LogP contribution in [-0.4, -0.2) is 49.5 Å². The molecular formula is C15H32IN3O2. The van der Waals surface area contributed by atoms with E-state index in [0.29, 0.717) is 32.6 Å². The quantitative estimate of drug-likeness (QED) is 0.259. The molecule has 5 nitrogen and oxygen atoms in total. The average Bonchev–Trinajstić information content (AvgIpc) is 2.41. The van der Waals surface area contributed by atoms with Gasteiger partial charge in [-0.15, -0.1) is 24.0 Å². The van der Waals surface area contributed by atoms with Gasteiger partial charge in [0.1, 0.15) is 0 Å². The van der Waals surface area contributed by atoms with E-state index >= 15 is 0 Å². The van der Waals surface area contributed by atoms with Gasteiger partial charge < -0.3 is 20.5 Å². The van der Waals surface area contributed by atoms with Crippen LogP contribution in [0.25, 0.3) is 0 Å². The fraction of sp³-hybridized carbons (Fsp3) is 0.933. The van der Waals surface area contributed by atoms with Crippen molar-refractivity contribution in [3.05, 3.63) is 0 Å². The first-order chi connectivity index (χ1) is 9.56. The van der Waals surface area contributed by atoms with E-state index in [0.717, 1.165) is 31.4 Å². The Labute approximate surface area is 146 Å². The maximum absolute atomic E-state index is 10.4. The lowest BCUT2D eigenvalue weighted by Crippen LogP contribution is -2.42. The number of aliphatic hydroxyl groups is 1. The topological polar surface area (TPSA) is 65.9 Å². The van der Waals surface area contributed by atoms with Gasteiger partial charge >= 0.3 is 0 Å². The van der Waals surface area contributed by atoms with Crippen LogP contribution in [0.1, 0.15) is 46.5 Å². The first-order valence-corrected chi connectivity index (χ1v) is 7.88. The van der Waals surface area contributed by atoms with E-state index in [4.69, 9.17) is 4.74 Å². The highest BCUT2D eigenvalue weighted by Gasteiger charge is 2.29. The Morgan fingerprint density at radius 3 is 2.52 bits per heavy atom. The summed E-state index contributed by atoms with van der Waals surface area (Å²) >= 11 is 0. The lowest BCUT2D eigenvalue weighted by Gasteiger charge is -2.30. The molecule has 0 amide bonds. The maximum Gasteiger partial charge on any atom is 0.191 e. The molecule has 0 aromatic heterocycles. The molecule has 1 fully saturated rings. The summed E-state index contributed by atoms with van der Waals surface area (Å²) in [5.74, 6) is 1.54. The molecule has 0 aromatic carbocycles. The minimum Gasteiger partial charge on any atom is -0.388 e. The second-order valence-electron chi connectivity index (χ2n) is 5.99. The summed E-state index contributed by atoms with van der Waals surface area (Å²) in [6, 6.07) is 0. The van der Waals surface area contributed by atoms with Crippen LogP contribution < -0.4 is 10.6 Å². The molecule has 0 bridgehead atoms. The molecule has 126 valence electrons. The first kappa shape index (κ1) is 20.9. The standard InChI is InChI=1S/C15H31N3O2.HI/c1-4-16-14(17-9-5-6-13(2)3)18-12-15(19)7-10-20-11-8-15;/h13,19H,4-12H2,1-3H3,(H2,16,17,18);1H. The van der Waals surface area contributed by atoms with Crippen LogP contribution >= 0.6 is 24.0 Å². The molecule has 21 heavy (non-hydrogen) atoms. The summed E-state index contributed by atoms with van der Waals surface area (Å²) in [5, 5.41) is 16.9. The fourth-order valence-corrected chi connectivity index (χ4v) is 2.19. The van der Waals surface area contributed by atoms with Crippen molar-refractivity contribution in [3.63, 3.8) is 0 Å². The van der Waals surface area contributed by atoms with Gasteiger partial charge in [0.25, 0.3) is 0 Å². The third-order valence-electron chi connectivity index (χ3n) is 3.55. The Hall–Kier alpha value is -0.0800. The molecule has 0 unspecified atom stereocenters. The van der Waals surface area contributed by atoms with Crippen molar-refractivity contribution in [2.45, 2.75) is 52.1 Å². The Bertz CT molecular complexity index is 293. The van der Waals surface area contributed by atoms with Crippen LogP contribution in [-0.2, 0) is 4.74 Å². The van der Waals surface area contributed by atoms with Gasteiger partial charge in [0, 0.05) is 39.1 Å². The van der Waals surface area contributed by atoms with Gasteiger partial charge in [-0.2, -0.15) is 0 Å². The van der Waals surface area contributed by atoms with Crippen molar-refractivity contribution in [3.8, 4) is 0 Å². The minimum atomic E-state index is -0.696. The smallest absolute Gasteiger partial charge is 0.191 e. The molecule has 0 spiro atoms. The predicted octanol–water partition coefficient (Wildman–Crippen LogP) is 2.14. The Morgan fingerprint density at radius 2 is 1.95 bits per heavy atom. The second kappa shape index (κ2) is 11.5. The number of nitrogens with zero attached hydrogens (tertiary/aromatic N) is 1. The fourth-order valence-electron chi connectivity index (χ4n) is 2.19. The summed E-state index contributed by atoms with van der Waals surface area (Å²) in [6.45, 7) is 9.97. The van der Waals surface area contributed by atoms with Gasteiger partial charge in [-0.25, -0.2) is 0 Å². The number of halogens is 1. The zero-order chi connectivity index (χ0) is 14.8. The molecule has 3 N–H and O–H groups in total. The monoisotopic (exact) mass is 413 g/mol. The van der Waals surface area contributed by atoms with Crippen LogP contribution in [0.4, 0.5) is 0 Å². The summed E-state index contributed by atoms with van der Waals surface area (Å²) in [5.41, 5.74) is -0.696. The van der Waals surface area contributed by atoms with Gasteiger partial charge in [0.15, 0.2) is 5.96 Å². The third kappa shape index (κ3) is 9.52. The van der Waals surface area contributed by atoms with Gasteiger partial charge in [-0.05, 0) is 25.7 Å². The van der Waals surface area contributed by atoms with Crippen molar-refractivity contribution >= 4 is 29.9 Å². The van der Waals surface area contributed by atoms with E-state index in [1.807, 2.05) is 0 Å². The van der Waals surface area contributed by atoms with E-state index in [2.05, 4.69) is 36.4 Å². The minimum absolute atomic E-state index is 0. The van der Waals surface area contributed by atoms with E-state index < -0.39 is 5.60 Å². The largest absolute Gasteiger partial charge is 0.388 e. The van der Waals surface area contributed by atoms with Crippen LogP contribution in [0, 0.1) is 5.92 Å². The SMILES string of the molecule is CCNC(=NCC1(O)CCOCC1)NCCCC(C)C.I. The van der Waals surface area contributed by atoms with Crippen molar-refractivity contribution in [1.82, 2.24) is 10.6 Å². The number of nitrogens with one attached hydrogen (secondary N) is 2. The Balaban J connectivity index is 0.00000400. The molecule has 0 aromatic rings. The molecule has 1 rings (SSSR count). The molecule has 0 aliphatic carbocycles. The number of hydrogen-bond acceptors (Lipinski definition) is 3. The average molecular weight is 413 g/mol. The predicted molar refractivity (Wildman–Crippen MR) is 98.5 cm³/mol. The summed E-state index contributed by atoms with van der Waals surface area (Å²) < 4.78 is 5.28. The Morgan fingerprint density at radius 1 is 1.29 bits per heavy atom. The zero-order valence-electron chi connectivity index (χ0n) is 13.7. The van der Waals surface area contributed by atoms with E-state index in [9.17, 15) is 5.11 Å². The number of hydrogen-bond donors (Lipinski definition) is 3. The number of aliphatic imine (C=N–C) groups is 1. The molecule has 0 saturated carbocycles. The van der Waals surface area contributed by atoms with Crippen LogP contribution in [0.15, 0.2) is 4.99 Å². The molecule has 6 heteroatoms. The Kier molecular flexibility index (Phi) is 11.4. The molecule has 0 atom stereocenters. The summed E-state index contributed by atoms with van der Waals surface area (Å²) in [4.78, 5) is 4.51. The number of ether oxygens (including phenoxy) is 1. The van der Waals surface area contributed by atoms with Gasteiger partial charge in [0.05, 0.1) is 12.1 Å². The maximum atomic E-state index is 10.4. The first-order valence-electron chi connectivity index (χ1n) is 7.88.